The monoisotopic (exact) mass is 457 g/mol. The molecule has 1 N–H and O–H groups in total. The van der Waals surface area contributed by atoms with E-state index in [0.717, 1.165) is 3.57 Å². The fraction of sp³-hybridized carbons (Fsp3) is 0.278. The summed E-state index contributed by atoms with van der Waals surface area (Å²) in [7, 11) is 4.68. The average Bonchev–Trinajstić information content (AvgIpc) is 2.61. The van der Waals surface area contributed by atoms with Crippen molar-refractivity contribution in [3.8, 4) is 23.0 Å². The predicted molar refractivity (Wildman–Crippen MR) is 104 cm³/mol. The third kappa shape index (κ3) is 4.47. The third-order valence-electron chi connectivity index (χ3n) is 3.43. The minimum absolute atomic E-state index is 0.284. The number of ether oxygens (including phenoxy) is 4. The third-order valence-corrected chi connectivity index (χ3v) is 4.23. The van der Waals surface area contributed by atoms with Crippen molar-refractivity contribution in [3.63, 3.8) is 0 Å². The number of methoxy groups -OCH3 is 3. The first kappa shape index (κ1) is 19.2. The summed E-state index contributed by atoms with van der Waals surface area (Å²) in [6.45, 7) is 2.35. The Bertz CT molecular complexity index is 763. The Morgan fingerprint density at radius 1 is 1.04 bits per heavy atom. The lowest BCUT2D eigenvalue weighted by molar-refractivity contribution is 0.102. The van der Waals surface area contributed by atoms with Crippen molar-refractivity contribution in [2.75, 3.05) is 33.3 Å². The molecule has 0 aliphatic carbocycles. The molecule has 6 nitrogen and oxygen atoms in total. The maximum atomic E-state index is 12.7. The number of nitrogens with one attached hydrogen (secondary N) is 1. The second-order valence-electron chi connectivity index (χ2n) is 4.94. The summed E-state index contributed by atoms with van der Waals surface area (Å²) >= 11 is 2.11. The Labute approximate surface area is 160 Å². The van der Waals surface area contributed by atoms with Crippen LogP contribution in [-0.4, -0.2) is 33.8 Å². The Morgan fingerprint density at radius 3 is 2.40 bits per heavy atom. The van der Waals surface area contributed by atoms with Gasteiger partial charge < -0.3 is 24.3 Å². The first-order valence-electron chi connectivity index (χ1n) is 7.57. The van der Waals surface area contributed by atoms with E-state index >= 15 is 0 Å². The molecule has 0 saturated carbocycles. The highest BCUT2D eigenvalue weighted by Crippen LogP contribution is 2.35. The van der Waals surface area contributed by atoms with E-state index in [1.165, 1.54) is 0 Å². The van der Waals surface area contributed by atoms with E-state index in [-0.39, 0.29) is 5.91 Å². The van der Waals surface area contributed by atoms with Gasteiger partial charge in [0.15, 0.2) is 11.5 Å². The highest BCUT2D eigenvalue weighted by Gasteiger charge is 2.17. The van der Waals surface area contributed by atoms with E-state index in [2.05, 4.69) is 27.9 Å². The van der Waals surface area contributed by atoms with Gasteiger partial charge in [-0.15, -0.1) is 0 Å². The molecule has 0 aromatic heterocycles. The van der Waals surface area contributed by atoms with Crippen LogP contribution in [0, 0.1) is 3.57 Å². The van der Waals surface area contributed by atoms with Crippen molar-refractivity contribution < 1.29 is 23.7 Å². The van der Waals surface area contributed by atoms with Crippen LogP contribution in [0.4, 0.5) is 5.69 Å². The maximum Gasteiger partial charge on any atom is 0.255 e. The van der Waals surface area contributed by atoms with Crippen LogP contribution < -0.4 is 24.3 Å². The molecular formula is C18H20INO5. The molecule has 0 unspecified atom stereocenters. The smallest absolute Gasteiger partial charge is 0.255 e. The van der Waals surface area contributed by atoms with E-state index < -0.39 is 0 Å². The van der Waals surface area contributed by atoms with Crippen LogP contribution in [0.5, 0.6) is 23.0 Å². The number of hydrogen-bond donors (Lipinski definition) is 1. The molecule has 0 spiro atoms. The Kier molecular flexibility index (Phi) is 6.74. The molecule has 0 radical (unpaired) electrons. The number of rotatable bonds is 7. The molecule has 0 heterocycles. The molecule has 0 fully saturated rings. The van der Waals surface area contributed by atoms with Crippen LogP contribution in [0.25, 0.3) is 0 Å². The van der Waals surface area contributed by atoms with Crippen molar-refractivity contribution in [2.45, 2.75) is 6.92 Å². The molecule has 1 amide bonds. The van der Waals surface area contributed by atoms with Gasteiger partial charge in [0.1, 0.15) is 11.5 Å². The molecule has 25 heavy (non-hydrogen) atoms. The van der Waals surface area contributed by atoms with Crippen molar-refractivity contribution in [1.82, 2.24) is 0 Å². The molecule has 2 aromatic carbocycles. The molecule has 0 aliphatic rings. The van der Waals surface area contributed by atoms with Crippen LogP contribution in [-0.2, 0) is 0 Å². The van der Waals surface area contributed by atoms with E-state index in [4.69, 9.17) is 18.9 Å². The van der Waals surface area contributed by atoms with E-state index in [1.807, 2.05) is 6.92 Å². The number of carbonyl (C=O) groups is 1. The molecule has 0 atom stereocenters. The van der Waals surface area contributed by atoms with Crippen LogP contribution in [0.1, 0.15) is 17.3 Å². The highest BCUT2D eigenvalue weighted by atomic mass is 127. The number of benzene rings is 2. The van der Waals surface area contributed by atoms with Gasteiger partial charge in [0.2, 0.25) is 0 Å². The summed E-state index contributed by atoms with van der Waals surface area (Å²) in [5, 5.41) is 2.84. The number of halogens is 1. The van der Waals surface area contributed by atoms with Crippen molar-refractivity contribution >= 4 is 34.2 Å². The van der Waals surface area contributed by atoms with Gasteiger partial charge in [0.25, 0.3) is 5.91 Å². The maximum absolute atomic E-state index is 12.7. The van der Waals surface area contributed by atoms with E-state index in [9.17, 15) is 4.79 Å². The minimum atomic E-state index is -0.284. The first-order valence-corrected chi connectivity index (χ1v) is 8.65. The molecule has 2 rings (SSSR count). The van der Waals surface area contributed by atoms with E-state index in [1.54, 1.807) is 51.7 Å². The summed E-state index contributed by atoms with van der Waals surface area (Å²) in [5.74, 6) is 2.02. The van der Waals surface area contributed by atoms with Crippen LogP contribution in [0.2, 0.25) is 0 Å². The van der Waals surface area contributed by atoms with Gasteiger partial charge in [-0.25, -0.2) is 0 Å². The normalized spacial score (nSPS) is 10.1. The fourth-order valence-corrected chi connectivity index (χ4v) is 3.09. The van der Waals surface area contributed by atoms with Crippen molar-refractivity contribution in [2.24, 2.45) is 0 Å². The SMILES string of the molecule is CCOc1cc(C(=O)Nc2cc(OC)ccc2OC)cc(I)c1OC. The predicted octanol–water partition coefficient (Wildman–Crippen LogP) is 3.97. The fourth-order valence-electron chi connectivity index (χ4n) is 2.27. The minimum Gasteiger partial charge on any atom is -0.497 e. The first-order chi connectivity index (χ1) is 12.0. The largest absolute Gasteiger partial charge is 0.497 e. The Morgan fingerprint density at radius 2 is 1.80 bits per heavy atom. The quantitative estimate of drug-likeness (QED) is 0.638. The summed E-state index contributed by atoms with van der Waals surface area (Å²) < 4.78 is 22.2. The van der Waals surface area contributed by atoms with Gasteiger partial charge in [-0.3, -0.25) is 4.79 Å². The second kappa shape index (κ2) is 8.80. The molecule has 0 aliphatic heterocycles. The standard InChI is InChI=1S/C18H20INO5/c1-5-25-16-9-11(8-13(19)17(16)24-4)18(21)20-14-10-12(22-2)6-7-15(14)23-3/h6-10H,5H2,1-4H3,(H,20,21). The molecule has 0 bridgehead atoms. The van der Waals surface area contributed by atoms with Crippen molar-refractivity contribution in [3.05, 3.63) is 39.5 Å². The number of amides is 1. The zero-order valence-electron chi connectivity index (χ0n) is 14.5. The van der Waals surface area contributed by atoms with Crippen LogP contribution >= 0.6 is 22.6 Å². The summed E-state index contributed by atoms with van der Waals surface area (Å²) in [6.07, 6.45) is 0. The average molecular weight is 457 g/mol. The number of hydrogen-bond acceptors (Lipinski definition) is 5. The van der Waals surface area contributed by atoms with Gasteiger partial charge in [0, 0.05) is 11.6 Å². The summed E-state index contributed by atoms with van der Waals surface area (Å²) in [4.78, 5) is 12.7. The number of carbonyl (C=O) groups excluding carboxylic acids is 1. The molecule has 134 valence electrons. The topological polar surface area (TPSA) is 66.0 Å². The highest BCUT2D eigenvalue weighted by molar-refractivity contribution is 14.1. The lowest BCUT2D eigenvalue weighted by Crippen LogP contribution is -2.13. The van der Waals surface area contributed by atoms with Gasteiger partial charge in [-0.2, -0.15) is 0 Å². The summed E-state index contributed by atoms with van der Waals surface area (Å²) in [6, 6.07) is 8.60. The summed E-state index contributed by atoms with van der Waals surface area (Å²) in [5.41, 5.74) is 0.981. The molecule has 0 saturated heterocycles. The van der Waals surface area contributed by atoms with Crippen LogP contribution in [0.3, 0.4) is 0 Å². The zero-order valence-corrected chi connectivity index (χ0v) is 16.7. The lowest BCUT2D eigenvalue weighted by atomic mass is 10.1. The molecular weight excluding hydrogens is 437 g/mol. The van der Waals surface area contributed by atoms with Crippen LogP contribution in [0.15, 0.2) is 30.3 Å². The van der Waals surface area contributed by atoms with Gasteiger partial charge in [-0.1, -0.05) is 0 Å². The zero-order chi connectivity index (χ0) is 18.4. The van der Waals surface area contributed by atoms with Crippen molar-refractivity contribution in [1.29, 1.82) is 0 Å². The second-order valence-corrected chi connectivity index (χ2v) is 6.10. The van der Waals surface area contributed by atoms with Gasteiger partial charge >= 0.3 is 0 Å². The van der Waals surface area contributed by atoms with E-state index in [0.29, 0.717) is 40.9 Å². The molecule has 2 aromatic rings. The Hall–Kier alpha value is -2.16. The molecule has 7 heteroatoms. The lowest BCUT2D eigenvalue weighted by Gasteiger charge is -2.15. The van der Waals surface area contributed by atoms with Gasteiger partial charge in [0.05, 0.1) is 37.2 Å². The Balaban J connectivity index is 2.35. The number of anilines is 1. The van der Waals surface area contributed by atoms with Gasteiger partial charge in [-0.05, 0) is 53.8 Å².